The number of carbonyl (C=O) groups excluding carboxylic acids is 1. The van der Waals surface area contributed by atoms with E-state index in [0.717, 1.165) is 19.5 Å². The third-order valence-corrected chi connectivity index (χ3v) is 2.34. The number of carbonyl (C=O) groups is 1. The van der Waals surface area contributed by atoms with E-state index in [1.165, 1.54) is 12.8 Å². The molecular formula is C8H16N2O. The van der Waals surface area contributed by atoms with E-state index >= 15 is 0 Å². The first kappa shape index (κ1) is 8.53. The molecule has 1 rings (SSSR count). The van der Waals surface area contributed by atoms with Crippen LogP contribution in [0.25, 0.3) is 0 Å². The Morgan fingerprint density at radius 1 is 1.64 bits per heavy atom. The summed E-state index contributed by atoms with van der Waals surface area (Å²) in [5.74, 6) is 0.0632. The molecule has 3 nitrogen and oxygen atoms in total. The third-order valence-electron chi connectivity index (χ3n) is 2.34. The average molecular weight is 156 g/mol. The van der Waals surface area contributed by atoms with Crippen molar-refractivity contribution >= 4 is 5.91 Å². The molecule has 0 unspecified atom stereocenters. The molecule has 0 aromatic rings. The Kier molecular flexibility index (Phi) is 2.49. The molecule has 0 heterocycles. The molecule has 64 valence electrons. The Balaban J connectivity index is 2.19. The van der Waals surface area contributed by atoms with Gasteiger partial charge in [-0.05, 0) is 31.2 Å². The molecule has 0 radical (unpaired) electrons. The molecule has 1 aliphatic carbocycles. The number of nitrogens with one attached hydrogen (secondary N) is 1. The Bertz CT molecular complexity index is 152. The van der Waals surface area contributed by atoms with Gasteiger partial charge >= 0.3 is 0 Å². The van der Waals surface area contributed by atoms with Gasteiger partial charge in [0.15, 0.2) is 0 Å². The van der Waals surface area contributed by atoms with Crippen molar-refractivity contribution in [1.29, 1.82) is 0 Å². The monoisotopic (exact) mass is 156 g/mol. The van der Waals surface area contributed by atoms with E-state index < -0.39 is 0 Å². The molecule has 1 saturated carbocycles. The van der Waals surface area contributed by atoms with E-state index in [1.54, 1.807) is 6.92 Å². The predicted molar refractivity (Wildman–Crippen MR) is 44.0 cm³/mol. The summed E-state index contributed by atoms with van der Waals surface area (Å²) in [7, 11) is 0. The Morgan fingerprint density at radius 3 is 2.64 bits per heavy atom. The highest BCUT2D eigenvalue weighted by molar-refractivity contribution is 5.72. The Labute approximate surface area is 67.3 Å². The summed E-state index contributed by atoms with van der Waals surface area (Å²) in [6, 6.07) is 0. The zero-order valence-electron chi connectivity index (χ0n) is 7.02. The lowest BCUT2D eigenvalue weighted by Gasteiger charge is -2.13. The van der Waals surface area contributed by atoms with Crippen LogP contribution in [0, 0.1) is 5.41 Å². The molecule has 11 heavy (non-hydrogen) atoms. The molecule has 0 atom stereocenters. The van der Waals surface area contributed by atoms with E-state index in [4.69, 9.17) is 5.73 Å². The van der Waals surface area contributed by atoms with Gasteiger partial charge in [0.1, 0.15) is 0 Å². The first-order valence-electron chi connectivity index (χ1n) is 4.13. The maximum Gasteiger partial charge on any atom is 0.216 e. The van der Waals surface area contributed by atoms with Crippen molar-refractivity contribution in [2.24, 2.45) is 11.1 Å². The highest BCUT2D eigenvalue weighted by Crippen LogP contribution is 2.47. The molecule has 1 aliphatic rings. The topological polar surface area (TPSA) is 55.1 Å². The molecule has 0 saturated heterocycles. The lowest BCUT2D eigenvalue weighted by Crippen LogP contribution is -2.29. The van der Waals surface area contributed by atoms with Gasteiger partial charge in [0, 0.05) is 13.5 Å². The summed E-state index contributed by atoms with van der Waals surface area (Å²) in [5.41, 5.74) is 5.82. The number of nitrogens with two attached hydrogens (primary N) is 1. The SMILES string of the molecule is CC(=O)NCC1(CCN)CC1. The maximum absolute atomic E-state index is 10.6. The summed E-state index contributed by atoms with van der Waals surface area (Å²) in [5, 5.41) is 2.84. The fourth-order valence-electron chi connectivity index (χ4n) is 1.31. The highest BCUT2D eigenvalue weighted by atomic mass is 16.1. The van der Waals surface area contributed by atoms with Crippen molar-refractivity contribution in [3.05, 3.63) is 0 Å². The lowest BCUT2D eigenvalue weighted by atomic mass is 10.0. The minimum absolute atomic E-state index is 0.0632. The maximum atomic E-state index is 10.6. The molecule has 0 spiro atoms. The van der Waals surface area contributed by atoms with Crippen molar-refractivity contribution in [3.8, 4) is 0 Å². The molecular weight excluding hydrogens is 140 g/mol. The van der Waals surface area contributed by atoms with Crippen LogP contribution in [0.2, 0.25) is 0 Å². The van der Waals surface area contributed by atoms with Crippen LogP contribution < -0.4 is 11.1 Å². The molecule has 0 bridgehead atoms. The molecule has 0 aromatic carbocycles. The van der Waals surface area contributed by atoms with Gasteiger partial charge < -0.3 is 11.1 Å². The van der Waals surface area contributed by atoms with Crippen LogP contribution in [0.3, 0.4) is 0 Å². The zero-order valence-corrected chi connectivity index (χ0v) is 7.02. The largest absolute Gasteiger partial charge is 0.356 e. The number of hydrogen-bond donors (Lipinski definition) is 2. The van der Waals surface area contributed by atoms with Gasteiger partial charge in [-0.2, -0.15) is 0 Å². The Morgan fingerprint density at radius 2 is 2.27 bits per heavy atom. The molecule has 1 amide bonds. The van der Waals surface area contributed by atoms with Crippen LogP contribution in [0.1, 0.15) is 26.2 Å². The standard InChI is InChI=1S/C8H16N2O/c1-7(11)10-6-8(2-3-8)4-5-9/h2-6,9H2,1H3,(H,10,11). The Hall–Kier alpha value is -0.570. The molecule has 3 heteroatoms. The van der Waals surface area contributed by atoms with Crippen LogP contribution >= 0.6 is 0 Å². The number of rotatable bonds is 4. The summed E-state index contributed by atoms with van der Waals surface area (Å²) >= 11 is 0. The van der Waals surface area contributed by atoms with Gasteiger partial charge in [-0.15, -0.1) is 0 Å². The highest BCUT2D eigenvalue weighted by Gasteiger charge is 2.41. The van der Waals surface area contributed by atoms with Crippen LogP contribution in [0.5, 0.6) is 0 Å². The van der Waals surface area contributed by atoms with E-state index in [2.05, 4.69) is 5.32 Å². The second-order valence-electron chi connectivity index (χ2n) is 3.45. The normalized spacial score (nSPS) is 19.5. The van der Waals surface area contributed by atoms with Crippen LogP contribution in [0.4, 0.5) is 0 Å². The van der Waals surface area contributed by atoms with Gasteiger partial charge in [-0.1, -0.05) is 0 Å². The van der Waals surface area contributed by atoms with Crippen LogP contribution in [0.15, 0.2) is 0 Å². The van der Waals surface area contributed by atoms with E-state index in [0.29, 0.717) is 5.41 Å². The lowest BCUT2D eigenvalue weighted by molar-refractivity contribution is -0.119. The fourth-order valence-corrected chi connectivity index (χ4v) is 1.31. The summed E-state index contributed by atoms with van der Waals surface area (Å²) < 4.78 is 0. The summed E-state index contributed by atoms with van der Waals surface area (Å²) in [6.45, 7) is 3.11. The van der Waals surface area contributed by atoms with Crippen molar-refractivity contribution in [1.82, 2.24) is 5.32 Å². The molecule has 3 N–H and O–H groups in total. The van der Waals surface area contributed by atoms with Crippen LogP contribution in [-0.4, -0.2) is 19.0 Å². The molecule has 0 aliphatic heterocycles. The molecule has 1 fully saturated rings. The van der Waals surface area contributed by atoms with Gasteiger partial charge in [-0.25, -0.2) is 0 Å². The zero-order chi connectivity index (χ0) is 8.32. The minimum Gasteiger partial charge on any atom is -0.356 e. The number of amides is 1. The number of hydrogen-bond acceptors (Lipinski definition) is 2. The van der Waals surface area contributed by atoms with Gasteiger partial charge in [-0.3, -0.25) is 4.79 Å². The van der Waals surface area contributed by atoms with E-state index in [1.807, 2.05) is 0 Å². The van der Waals surface area contributed by atoms with Gasteiger partial charge in [0.2, 0.25) is 5.91 Å². The first-order chi connectivity index (χ1) is 5.18. The quantitative estimate of drug-likeness (QED) is 0.613. The summed E-state index contributed by atoms with van der Waals surface area (Å²) in [4.78, 5) is 10.6. The predicted octanol–water partition coefficient (Wildman–Crippen LogP) is 0.251. The van der Waals surface area contributed by atoms with Crippen molar-refractivity contribution in [3.63, 3.8) is 0 Å². The van der Waals surface area contributed by atoms with Crippen molar-refractivity contribution in [2.45, 2.75) is 26.2 Å². The third kappa shape index (κ3) is 2.50. The summed E-state index contributed by atoms with van der Waals surface area (Å²) in [6.07, 6.45) is 3.50. The second kappa shape index (κ2) is 3.22. The second-order valence-corrected chi connectivity index (χ2v) is 3.45. The van der Waals surface area contributed by atoms with Crippen LogP contribution in [-0.2, 0) is 4.79 Å². The van der Waals surface area contributed by atoms with Crippen molar-refractivity contribution < 1.29 is 4.79 Å². The van der Waals surface area contributed by atoms with E-state index in [9.17, 15) is 4.79 Å². The minimum atomic E-state index is 0.0632. The van der Waals surface area contributed by atoms with Crippen molar-refractivity contribution in [2.75, 3.05) is 13.1 Å². The first-order valence-corrected chi connectivity index (χ1v) is 4.13. The fraction of sp³-hybridized carbons (Fsp3) is 0.875. The smallest absolute Gasteiger partial charge is 0.216 e. The van der Waals surface area contributed by atoms with Gasteiger partial charge in [0.25, 0.3) is 0 Å². The molecule has 0 aromatic heterocycles. The van der Waals surface area contributed by atoms with E-state index in [-0.39, 0.29) is 5.91 Å². The average Bonchev–Trinajstić information content (AvgIpc) is 2.67. The van der Waals surface area contributed by atoms with Gasteiger partial charge in [0.05, 0.1) is 0 Å².